The summed E-state index contributed by atoms with van der Waals surface area (Å²) in [6, 6.07) is 11.4. The van der Waals surface area contributed by atoms with E-state index in [0.717, 1.165) is 68.0 Å². The third kappa shape index (κ3) is 4.89. The van der Waals surface area contributed by atoms with Crippen molar-refractivity contribution in [2.75, 3.05) is 44.2 Å². The molecule has 4 rings (SSSR count). The largest absolute Gasteiger partial charge is 0.494 e. The lowest BCUT2D eigenvalue weighted by atomic mass is 10.2. The molecular weight excluding hydrogens is 411 g/mol. The highest BCUT2D eigenvalue weighted by Crippen LogP contribution is 2.32. The molecule has 8 heteroatoms. The van der Waals surface area contributed by atoms with Crippen LogP contribution in [0.15, 0.2) is 41.2 Å². The number of fused-ring (bicyclic) bond motifs is 1. The van der Waals surface area contributed by atoms with Gasteiger partial charge in [-0.15, -0.1) is 0 Å². The van der Waals surface area contributed by atoms with Gasteiger partial charge in [0.25, 0.3) is 0 Å². The summed E-state index contributed by atoms with van der Waals surface area (Å²) in [6.07, 6.45) is 2.07. The summed E-state index contributed by atoms with van der Waals surface area (Å²) in [5.74, 6) is 0.778. The highest BCUT2D eigenvalue weighted by molar-refractivity contribution is 6.43. The molecule has 0 saturated carbocycles. The van der Waals surface area contributed by atoms with Crippen molar-refractivity contribution in [3.05, 3.63) is 56.9 Å². The van der Waals surface area contributed by atoms with Crippen LogP contribution in [-0.4, -0.2) is 54.2 Å². The fourth-order valence-corrected chi connectivity index (χ4v) is 4.09. The highest BCUT2D eigenvalue weighted by Gasteiger charge is 2.19. The van der Waals surface area contributed by atoms with Crippen LogP contribution in [0.5, 0.6) is 5.75 Å². The predicted octanol–water partition coefficient (Wildman–Crippen LogP) is 4.14. The van der Waals surface area contributed by atoms with Gasteiger partial charge in [0.2, 0.25) is 0 Å². The average Bonchev–Trinajstić information content (AvgIpc) is 3.10. The summed E-state index contributed by atoms with van der Waals surface area (Å²) < 4.78 is 5.82. The Kier molecular flexibility index (Phi) is 6.33. The topological polar surface area (TPSA) is 64.4 Å². The van der Waals surface area contributed by atoms with Crippen molar-refractivity contribution in [3.8, 4) is 5.75 Å². The van der Waals surface area contributed by atoms with Gasteiger partial charge in [0.15, 0.2) is 0 Å². The van der Waals surface area contributed by atoms with Crippen molar-refractivity contribution >= 4 is 39.9 Å². The fraction of sp³-hybridized carbons (Fsp3) is 0.381. The Morgan fingerprint density at radius 1 is 0.966 bits per heavy atom. The molecule has 1 aliphatic heterocycles. The maximum atomic E-state index is 11.3. The van der Waals surface area contributed by atoms with Crippen LogP contribution in [0.25, 0.3) is 11.0 Å². The zero-order chi connectivity index (χ0) is 20.2. The first-order chi connectivity index (χ1) is 14.1. The Balaban J connectivity index is 1.17. The molecule has 29 heavy (non-hydrogen) atoms. The van der Waals surface area contributed by atoms with Gasteiger partial charge < -0.3 is 19.6 Å². The van der Waals surface area contributed by atoms with E-state index in [4.69, 9.17) is 27.9 Å². The summed E-state index contributed by atoms with van der Waals surface area (Å²) >= 11 is 12.5. The van der Waals surface area contributed by atoms with Crippen molar-refractivity contribution in [1.82, 2.24) is 14.9 Å². The van der Waals surface area contributed by atoms with Gasteiger partial charge in [-0.2, -0.15) is 0 Å². The molecule has 0 radical (unpaired) electrons. The number of H-pyrrole nitrogens is 2. The molecule has 0 bridgehead atoms. The summed E-state index contributed by atoms with van der Waals surface area (Å²) in [7, 11) is 0. The van der Waals surface area contributed by atoms with Crippen LogP contribution in [0.4, 0.5) is 5.69 Å². The van der Waals surface area contributed by atoms with Gasteiger partial charge in [0, 0.05) is 32.2 Å². The molecule has 1 aliphatic rings. The van der Waals surface area contributed by atoms with Crippen molar-refractivity contribution in [2.24, 2.45) is 0 Å². The lowest BCUT2D eigenvalue weighted by molar-refractivity contribution is 0.238. The van der Waals surface area contributed by atoms with Crippen LogP contribution in [0.3, 0.4) is 0 Å². The van der Waals surface area contributed by atoms with E-state index in [1.54, 1.807) is 0 Å². The zero-order valence-electron chi connectivity index (χ0n) is 16.1. The van der Waals surface area contributed by atoms with Gasteiger partial charge in [-0.3, -0.25) is 4.90 Å². The Hall–Kier alpha value is -2.15. The van der Waals surface area contributed by atoms with Gasteiger partial charge in [0.05, 0.1) is 33.4 Å². The predicted molar refractivity (Wildman–Crippen MR) is 119 cm³/mol. The Bertz CT molecular complexity index is 1020. The van der Waals surface area contributed by atoms with Crippen molar-refractivity contribution < 1.29 is 4.74 Å². The van der Waals surface area contributed by atoms with Gasteiger partial charge in [0.1, 0.15) is 5.75 Å². The first kappa shape index (κ1) is 20.1. The molecule has 0 amide bonds. The maximum Gasteiger partial charge on any atom is 0.323 e. The van der Waals surface area contributed by atoms with Gasteiger partial charge in [-0.25, -0.2) is 4.79 Å². The van der Waals surface area contributed by atoms with Crippen LogP contribution in [0.1, 0.15) is 12.8 Å². The monoisotopic (exact) mass is 434 g/mol. The Morgan fingerprint density at radius 3 is 2.59 bits per heavy atom. The number of nitrogens with zero attached hydrogens (tertiary/aromatic N) is 2. The molecule has 1 saturated heterocycles. The molecular formula is C21H24Cl2N4O2. The molecule has 0 unspecified atom stereocenters. The molecule has 0 aliphatic carbocycles. The molecule has 2 aromatic carbocycles. The molecule has 1 fully saturated rings. The smallest absolute Gasteiger partial charge is 0.323 e. The van der Waals surface area contributed by atoms with Gasteiger partial charge in [-0.05, 0) is 43.7 Å². The third-order valence-electron chi connectivity index (χ3n) is 5.27. The normalized spacial score (nSPS) is 15.2. The van der Waals surface area contributed by atoms with E-state index in [9.17, 15) is 4.79 Å². The highest BCUT2D eigenvalue weighted by atomic mass is 35.5. The third-order valence-corrected chi connectivity index (χ3v) is 6.08. The molecule has 6 nitrogen and oxygen atoms in total. The second-order valence-electron chi connectivity index (χ2n) is 7.24. The number of halogens is 2. The molecule has 2 N–H and O–H groups in total. The van der Waals surface area contributed by atoms with Crippen LogP contribution in [-0.2, 0) is 0 Å². The quantitative estimate of drug-likeness (QED) is 0.548. The molecule has 0 atom stereocenters. The lowest BCUT2D eigenvalue weighted by Gasteiger charge is -2.36. The summed E-state index contributed by atoms with van der Waals surface area (Å²) in [5, 5.41) is 1.25. The van der Waals surface area contributed by atoms with E-state index in [1.165, 1.54) is 0 Å². The summed E-state index contributed by atoms with van der Waals surface area (Å²) in [5.41, 5.74) is 2.38. The molecule has 0 spiro atoms. The maximum absolute atomic E-state index is 11.3. The second kappa shape index (κ2) is 9.11. The number of rotatable bonds is 7. The average molecular weight is 435 g/mol. The second-order valence-corrected chi connectivity index (χ2v) is 8.03. The fourth-order valence-electron chi connectivity index (χ4n) is 3.68. The number of anilines is 1. The zero-order valence-corrected chi connectivity index (χ0v) is 17.6. The minimum Gasteiger partial charge on any atom is -0.494 e. The first-order valence-electron chi connectivity index (χ1n) is 9.86. The Labute approximate surface area is 179 Å². The SMILES string of the molecule is O=c1[nH]c2ccc(OCCCCN3CCN(c4cccc(Cl)c4Cl)CC3)cc2[nH]1. The number of aromatic nitrogens is 2. The van der Waals surface area contributed by atoms with E-state index in [-0.39, 0.29) is 5.69 Å². The van der Waals surface area contributed by atoms with Crippen LogP contribution < -0.4 is 15.3 Å². The molecule has 3 aromatic rings. The van der Waals surface area contributed by atoms with Gasteiger partial charge in [-0.1, -0.05) is 29.3 Å². The number of aromatic amines is 2. The van der Waals surface area contributed by atoms with Gasteiger partial charge >= 0.3 is 5.69 Å². The number of imidazole rings is 1. The number of ether oxygens (including phenoxy) is 1. The van der Waals surface area contributed by atoms with Crippen LogP contribution >= 0.6 is 23.2 Å². The van der Waals surface area contributed by atoms with Crippen molar-refractivity contribution in [1.29, 1.82) is 0 Å². The van der Waals surface area contributed by atoms with Crippen molar-refractivity contribution in [2.45, 2.75) is 12.8 Å². The van der Waals surface area contributed by atoms with E-state index < -0.39 is 0 Å². The summed E-state index contributed by atoms with van der Waals surface area (Å²) in [4.78, 5) is 21.6. The number of hydrogen-bond acceptors (Lipinski definition) is 4. The van der Waals surface area contributed by atoms with E-state index in [1.807, 2.05) is 36.4 Å². The minimum atomic E-state index is -0.199. The Morgan fingerprint density at radius 2 is 1.76 bits per heavy atom. The number of nitrogens with one attached hydrogen (secondary N) is 2. The van der Waals surface area contributed by atoms with Crippen LogP contribution in [0, 0.1) is 0 Å². The van der Waals surface area contributed by atoms with E-state index in [0.29, 0.717) is 16.7 Å². The number of unbranched alkanes of at least 4 members (excludes halogenated alkanes) is 1. The molecule has 2 heterocycles. The van der Waals surface area contributed by atoms with E-state index in [2.05, 4.69) is 19.8 Å². The summed E-state index contributed by atoms with van der Waals surface area (Å²) in [6.45, 7) is 5.65. The van der Waals surface area contributed by atoms with Crippen molar-refractivity contribution in [3.63, 3.8) is 0 Å². The van der Waals surface area contributed by atoms with E-state index >= 15 is 0 Å². The molecule has 154 valence electrons. The first-order valence-corrected chi connectivity index (χ1v) is 10.6. The van der Waals surface area contributed by atoms with Crippen LogP contribution in [0.2, 0.25) is 10.0 Å². The number of benzene rings is 2. The lowest BCUT2D eigenvalue weighted by Crippen LogP contribution is -2.46. The molecule has 1 aromatic heterocycles. The standard InChI is InChI=1S/C21H24Cl2N4O2/c22-16-4-3-5-19(20(16)23)27-11-9-26(10-12-27)8-1-2-13-29-15-6-7-17-18(14-15)25-21(28)24-17/h3-7,14H,1-2,8-13H2,(H2,24,25,28). The minimum absolute atomic E-state index is 0.199. The number of piperazine rings is 1. The number of hydrogen-bond donors (Lipinski definition) is 2.